The molecule has 0 amide bonds. The fourth-order valence-electron chi connectivity index (χ4n) is 1.93. The average molecular weight is 240 g/mol. The number of benzene rings is 2. The highest BCUT2D eigenvalue weighted by molar-refractivity contribution is 5.35. The van der Waals surface area contributed by atoms with Gasteiger partial charge in [0.25, 0.3) is 0 Å². The third-order valence-corrected chi connectivity index (χ3v) is 2.99. The molecule has 2 rings (SSSR count). The van der Waals surface area contributed by atoms with Crippen molar-refractivity contribution in [3.63, 3.8) is 0 Å². The van der Waals surface area contributed by atoms with Crippen LogP contribution < -0.4 is 4.74 Å². The van der Waals surface area contributed by atoms with Gasteiger partial charge in [0.05, 0.1) is 0 Å². The van der Waals surface area contributed by atoms with Crippen LogP contribution in [0.3, 0.4) is 0 Å². The standard InChI is InChI=1S/C17H20O/c1-13(2)16-9-14(3)10-17(11-16)18-12-15-7-5-4-6-8-15/h4-11,13H,12H2,1-3H3. The highest BCUT2D eigenvalue weighted by Crippen LogP contribution is 2.23. The Morgan fingerprint density at radius 3 is 2.39 bits per heavy atom. The van der Waals surface area contributed by atoms with Crippen molar-refractivity contribution in [2.24, 2.45) is 0 Å². The van der Waals surface area contributed by atoms with Crippen LogP contribution in [0.15, 0.2) is 48.5 Å². The second-order valence-electron chi connectivity index (χ2n) is 5.01. The molecule has 0 N–H and O–H groups in total. The van der Waals surface area contributed by atoms with Crippen molar-refractivity contribution in [3.05, 3.63) is 65.2 Å². The van der Waals surface area contributed by atoms with Gasteiger partial charge in [-0.25, -0.2) is 0 Å². The third-order valence-electron chi connectivity index (χ3n) is 2.99. The van der Waals surface area contributed by atoms with Gasteiger partial charge in [0.15, 0.2) is 0 Å². The van der Waals surface area contributed by atoms with Crippen molar-refractivity contribution in [1.82, 2.24) is 0 Å². The van der Waals surface area contributed by atoms with E-state index in [2.05, 4.69) is 51.1 Å². The lowest BCUT2D eigenvalue weighted by molar-refractivity contribution is 0.305. The molecule has 0 spiro atoms. The lowest BCUT2D eigenvalue weighted by Crippen LogP contribution is -1.97. The fourth-order valence-corrected chi connectivity index (χ4v) is 1.93. The van der Waals surface area contributed by atoms with Crippen molar-refractivity contribution in [1.29, 1.82) is 0 Å². The molecule has 18 heavy (non-hydrogen) atoms. The van der Waals surface area contributed by atoms with E-state index in [1.165, 1.54) is 16.7 Å². The first-order valence-electron chi connectivity index (χ1n) is 6.43. The second kappa shape index (κ2) is 5.72. The summed E-state index contributed by atoms with van der Waals surface area (Å²) in [6.07, 6.45) is 0. The van der Waals surface area contributed by atoms with Crippen molar-refractivity contribution in [2.75, 3.05) is 0 Å². The Morgan fingerprint density at radius 1 is 1.00 bits per heavy atom. The van der Waals surface area contributed by atoms with Crippen LogP contribution in [-0.2, 0) is 6.61 Å². The molecule has 0 saturated carbocycles. The van der Waals surface area contributed by atoms with Gasteiger partial charge in [-0.3, -0.25) is 0 Å². The molecular weight excluding hydrogens is 220 g/mol. The van der Waals surface area contributed by atoms with E-state index in [4.69, 9.17) is 4.74 Å². The number of ether oxygens (including phenoxy) is 1. The first-order valence-corrected chi connectivity index (χ1v) is 6.43. The van der Waals surface area contributed by atoms with E-state index in [0.29, 0.717) is 12.5 Å². The molecule has 1 heteroatoms. The predicted molar refractivity (Wildman–Crippen MR) is 76.0 cm³/mol. The molecule has 0 aliphatic carbocycles. The maximum absolute atomic E-state index is 5.86. The van der Waals surface area contributed by atoms with Crippen molar-refractivity contribution in [2.45, 2.75) is 33.3 Å². The Balaban J connectivity index is 2.10. The van der Waals surface area contributed by atoms with Gasteiger partial charge in [0.1, 0.15) is 12.4 Å². The minimum absolute atomic E-state index is 0.531. The Bertz CT molecular complexity index is 500. The zero-order valence-corrected chi connectivity index (χ0v) is 11.3. The van der Waals surface area contributed by atoms with Crippen LogP contribution in [-0.4, -0.2) is 0 Å². The van der Waals surface area contributed by atoms with E-state index >= 15 is 0 Å². The highest BCUT2D eigenvalue weighted by atomic mass is 16.5. The lowest BCUT2D eigenvalue weighted by atomic mass is 10.0. The molecule has 0 aromatic heterocycles. The van der Waals surface area contributed by atoms with Crippen LogP contribution in [0.25, 0.3) is 0 Å². The second-order valence-corrected chi connectivity index (χ2v) is 5.01. The number of aryl methyl sites for hydroxylation is 1. The monoisotopic (exact) mass is 240 g/mol. The first-order chi connectivity index (χ1) is 8.65. The number of hydrogen-bond acceptors (Lipinski definition) is 1. The summed E-state index contributed by atoms with van der Waals surface area (Å²) in [5.41, 5.74) is 3.78. The van der Waals surface area contributed by atoms with E-state index in [1.54, 1.807) is 0 Å². The van der Waals surface area contributed by atoms with Crippen LogP contribution in [0.2, 0.25) is 0 Å². The molecule has 0 radical (unpaired) electrons. The Labute approximate surface area is 109 Å². The molecule has 0 heterocycles. The maximum Gasteiger partial charge on any atom is 0.120 e. The van der Waals surface area contributed by atoms with E-state index in [1.807, 2.05) is 18.2 Å². The summed E-state index contributed by atoms with van der Waals surface area (Å²) < 4.78 is 5.86. The molecule has 2 aromatic carbocycles. The van der Waals surface area contributed by atoms with Crippen molar-refractivity contribution in [3.8, 4) is 5.75 Å². The van der Waals surface area contributed by atoms with E-state index < -0.39 is 0 Å². The quantitative estimate of drug-likeness (QED) is 0.752. The summed E-state index contributed by atoms with van der Waals surface area (Å²) in [6.45, 7) is 7.15. The van der Waals surface area contributed by atoms with E-state index in [-0.39, 0.29) is 0 Å². The average Bonchev–Trinajstić information content (AvgIpc) is 2.37. The van der Waals surface area contributed by atoms with Gasteiger partial charge in [0.2, 0.25) is 0 Å². The summed E-state index contributed by atoms with van der Waals surface area (Å²) in [5, 5.41) is 0. The van der Waals surface area contributed by atoms with Gasteiger partial charge in [-0.15, -0.1) is 0 Å². The minimum Gasteiger partial charge on any atom is -0.489 e. The zero-order chi connectivity index (χ0) is 13.0. The molecule has 0 atom stereocenters. The maximum atomic E-state index is 5.86. The summed E-state index contributed by atoms with van der Waals surface area (Å²) >= 11 is 0. The zero-order valence-electron chi connectivity index (χ0n) is 11.3. The topological polar surface area (TPSA) is 9.23 Å². The largest absolute Gasteiger partial charge is 0.489 e. The Hall–Kier alpha value is -1.76. The normalized spacial score (nSPS) is 10.7. The summed E-state index contributed by atoms with van der Waals surface area (Å²) in [6, 6.07) is 16.7. The molecular formula is C17H20O. The molecule has 0 aliphatic rings. The smallest absolute Gasteiger partial charge is 0.120 e. The Morgan fingerprint density at radius 2 is 1.72 bits per heavy atom. The predicted octanol–water partition coefficient (Wildman–Crippen LogP) is 4.70. The minimum atomic E-state index is 0.531. The van der Waals surface area contributed by atoms with Gasteiger partial charge in [-0.05, 0) is 41.7 Å². The van der Waals surface area contributed by atoms with E-state index in [0.717, 1.165) is 5.75 Å². The van der Waals surface area contributed by atoms with Crippen LogP contribution in [0.1, 0.15) is 36.5 Å². The summed E-state index contributed by atoms with van der Waals surface area (Å²) in [7, 11) is 0. The van der Waals surface area contributed by atoms with Crippen LogP contribution >= 0.6 is 0 Å². The first kappa shape index (κ1) is 12.7. The molecule has 94 valence electrons. The number of rotatable bonds is 4. The van der Waals surface area contributed by atoms with Crippen LogP contribution in [0.5, 0.6) is 5.75 Å². The lowest BCUT2D eigenvalue weighted by Gasteiger charge is -2.11. The Kier molecular flexibility index (Phi) is 4.03. The van der Waals surface area contributed by atoms with Gasteiger partial charge in [-0.2, -0.15) is 0 Å². The SMILES string of the molecule is Cc1cc(OCc2ccccc2)cc(C(C)C)c1. The van der Waals surface area contributed by atoms with Gasteiger partial charge < -0.3 is 4.74 Å². The van der Waals surface area contributed by atoms with Crippen molar-refractivity contribution >= 4 is 0 Å². The summed E-state index contributed by atoms with van der Waals surface area (Å²) in [5.74, 6) is 1.49. The van der Waals surface area contributed by atoms with Gasteiger partial charge in [0, 0.05) is 0 Å². The van der Waals surface area contributed by atoms with Gasteiger partial charge in [-0.1, -0.05) is 50.2 Å². The molecule has 2 aromatic rings. The molecule has 0 fully saturated rings. The van der Waals surface area contributed by atoms with Crippen molar-refractivity contribution < 1.29 is 4.74 Å². The molecule has 0 bridgehead atoms. The molecule has 0 unspecified atom stereocenters. The van der Waals surface area contributed by atoms with Crippen LogP contribution in [0, 0.1) is 6.92 Å². The summed E-state index contributed by atoms with van der Waals surface area (Å²) in [4.78, 5) is 0. The van der Waals surface area contributed by atoms with Crippen LogP contribution in [0.4, 0.5) is 0 Å². The van der Waals surface area contributed by atoms with E-state index in [9.17, 15) is 0 Å². The molecule has 0 saturated heterocycles. The van der Waals surface area contributed by atoms with Gasteiger partial charge >= 0.3 is 0 Å². The fraction of sp³-hybridized carbons (Fsp3) is 0.294. The number of hydrogen-bond donors (Lipinski definition) is 0. The molecule has 0 aliphatic heterocycles. The third kappa shape index (κ3) is 3.36. The molecule has 1 nitrogen and oxygen atoms in total. The highest BCUT2D eigenvalue weighted by Gasteiger charge is 2.03.